The van der Waals surface area contributed by atoms with Gasteiger partial charge in [0.05, 0.1) is 26.4 Å². The Morgan fingerprint density at radius 1 is 0.405 bits per heavy atom. The van der Waals surface area contributed by atoms with Crippen molar-refractivity contribution in [3.05, 3.63) is 0 Å². The summed E-state index contributed by atoms with van der Waals surface area (Å²) in [5.74, 6) is 0. The summed E-state index contributed by atoms with van der Waals surface area (Å²) in [6, 6.07) is 0. The average molecular weight is 744 g/mol. The van der Waals surface area contributed by atoms with E-state index in [-0.39, 0.29) is 0 Å². The molecule has 0 rings (SSSR count). The van der Waals surface area contributed by atoms with Gasteiger partial charge in [0.25, 0.3) is 0 Å². The average Bonchev–Trinajstić information content (AvgIpc) is 2.78. The molecule has 24 heteroatoms. The molecule has 0 aliphatic carbocycles. The minimum absolute atomic E-state index is 0.296. The van der Waals surface area contributed by atoms with E-state index in [1.807, 2.05) is 0 Å². The number of hydrogen-bond donors (Lipinski definition) is 4. The second-order valence-corrected chi connectivity index (χ2v) is 19.2. The third kappa shape index (κ3) is 78.0. The van der Waals surface area contributed by atoms with E-state index in [2.05, 4.69) is 22.6 Å². The highest BCUT2D eigenvalue weighted by atomic mass is 31.2. The van der Waals surface area contributed by atoms with Gasteiger partial charge < -0.3 is 55.8 Å². The van der Waals surface area contributed by atoms with Crippen LogP contribution in [0.2, 0.25) is 0 Å². The van der Waals surface area contributed by atoms with Crippen LogP contribution in [-0.2, 0) is 63.6 Å². The van der Waals surface area contributed by atoms with Gasteiger partial charge >= 0.3 is 45.6 Å². The van der Waals surface area contributed by atoms with Crippen molar-refractivity contribution in [2.45, 2.75) is 27.7 Å². The summed E-state index contributed by atoms with van der Waals surface area (Å²) in [5.41, 5.74) is 0. The zero-order valence-corrected chi connectivity index (χ0v) is 32.4. The van der Waals surface area contributed by atoms with Crippen molar-refractivity contribution in [1.29, 1.82) is 0 Å². The summed E-state index contributed by atoms with van der Waals surface area (Å²) in [4.78, 5) is 31.8. The highest BCUT2D eigenvalue weighted by Gasteiger charge is 2.13. The van der Waals surface area contributed by atoms with Gasteiger partial charge in [-0.05, 0) is 27.7 Å². The SMILES string of the molecule is CCOP(C)(=O)O.CCOP(C)(=O)OC.CCOP(C)(=O)OCC.COP(C)(=O)O.COP(C)(=O)OC.CP(=O)(O)O. The molecule has 0 heterocycles. The fraction of sp³-hybridized carbons (Fsp3) is 1.00. The zero-order valence-electron chi connectivity index (χ0n) is 27.0. The first-order valence-corrected chi connectivity index (χ1v) is 23.7. The van der Waals surface area contributed by atoms with Gasteiger partial charge in [0.15, 0.2) is 0 Å². The third-order valence-corrected chi connectivity index (χ3v) is 8.38. The van der Waals surface area contributed by atoms with E-state index in [1.54, 1.807) is 27.7 Å². The standard InChI is InChI=1S/C5H13O3P.C4H11O3P.2C3H9O3P.C2H7O3P.CH5O3P/c1-4-7-9(3,6)8-5-2;1-4-7-8(3,5)6-2;1-5-7(3,4)6-2;1-3-6-7(2,4)5;1-5-6(2,3)4;1-5(2,3)4/h4-5H2,1-3H3;4H2,1-3H3;1-3H3;3H2,1-2H3,(H,4,5);1-2H3,(H,3,4);1H3,(H2,2,3,4). The van der Waals surface area contributed by atoms with Crippen LogP contribution >= 0.6 is 45.6 Å². The molecule has 0 amide bonds. The van der Waals surface area contributed by atoms with E-state index < -0.39 is 45.6 Å². The summed E-state index contributed by atoms with van der Waals surface area (Å²) < 4.78 is 97.7. The lowest BCUT2D eigenvalue weighted by molar-refractivity contribution is 0.225. The summed E-state index contributed by atoms with van der Waals surface area (Å²) in [5, 5.41) is 0. The second-order valence-electron chi connectivity index (χ2n) is 7.16. The maximum atomic E-state index is 11.0. The molecule has 0 saturated heterocycles. The van der Waals surface area contributed by atoms with Crippen molar-refractivity contribution >= 4 is 45.6 Å². The lowest BCUT2D eigenvalue weighted by Crippen LogP contribution is -1.92. The Kier molecular flexibility index (Phi) is 38.6. The van der Waals surface area contributed by atoms with Crippen LogP contribution in [0.1, 0.15) is 27.7 Å². The molecule has 0 radical (unpaired) electrons. The first-order valence-electron chi connectivity index (χ1n) is 11.7. The van der Waals surface area contributed by atoms with Crippen molar-refractivity contribution in [1.82, 2.24) is 0 Å². The number of rotatable bonds is 12. The van der Waals surface area contributed by atoms with Gasteiger partial charge in [-0.25, -0.2) is 0 Å². The third-order valence-electron chi connectivity index (χ3n) is 2.79. The predicted octanol–water partition coefficient (Wildman–Crippen LogP) is 5.56. The van der Waals surface area contributed by atoms with Gasteiger partial charge in [-0.15, -0.1) is 0 Å². The molecule has 18 nitrogen and oxygen atoms in total. The minimum atomic E-state index is -3.64. The molecule has 0 spiro atoms. The van der Waals surface area contributed by atoms with Crippen LogP contribution in [0.4, 0.5) is 0 Å². The number of hydrogen-bond acceptors (Lipinski definition) is 14. The van der Waals surface area contributed by atoms with Crippen molar-refractivity contribution in [2.24, 2.45) is 0 Å². The summed E-state index contributed by atoms with van der Waals surface area (Å²) in [6.45, 7) is 16.1. The van der Waals surface area contributed by atoms with Gasteiger partial charge in [0.1, 0.15) is 0 Å². The first kappa shape index (κ1) is 55.3. The topological polar surface area (TPSA) is 257 Å². The van der Waals surface area contributed by atoms with Crippen molar-refractivity contribution in [2.75, 3.05) is 94.9 Å². The van der Waals surface area contributed by atoms with Crippen LogP contribution in [0.15, 0.2) is 0 Å². The molecular weight excluding hydrogens is 690 g/mol. The van der Waals surface area contributed by atoms with Gasteiger partial charge in [0, 0.05) is 68.4 Å². The van der Waals surface area contributed by atoms with Gasteiger partial charge in [-0.1, -0.05) is 0 Å². The van der Waals surface area contributed by atoms with Crippen LogP contribution in [0, 0.1) is 0 Å². The van der Waals surface area contributed by atoms with E-state index >= 15 is 0 Å². The molecule has 0 aromatic heterocycles. The Balaban J connectivity index is -0.0000000934. The van der Waals surface area contributed by atoms with Crippen LogP contribution in [0.3, 0.4) is 0 Å². The van der Waals surface area contributed by atoms with Gasteiger partial charge in [0.2, 0.25) is 0 Å². The molecule has 0 aromatic carbocycles. The Labute approximate surface area is 251 Å². The molecule has 0 aliphatic rings. The van der Waals surface area contributed by atoms with E-state index in [1.165, 1.54) is 48.4 Å². The fourth-order valence-electron chi connectivity index (χ4n) is 1.11. The summed E-state index contributed by atoms with van der Waals surface area (Å²) >= 11 is 0. The van der Waals surface area contributed by atoms with E-state index in [0.717, 1.165) is 20.0 Å². The van der Waals surface area contributed by atoms with Crippen molar-refractivity contribution in [3.63, 3.8) is 0 Å². The lowest BCUT2D eigenvalue weighted by atomic mass is 10.9. The summed E-state index contributed by atoms with van der Waals surface area (Å²) in [6.07, 6.45) is 0. The first-order chi connectivity index (χ1) is 18.5. The minimum Gasteiger partial charge on any atom is -0.325 e. The maximum absolute atomic E-state index is 11.0. The quantitative estimate of drug-likeness (QED) is 0.178. The van der Waals surface area contributed by atoms with Crippen LogP contribution in [0.25, 0.3) is 0 Å². The van der Waals surface area contributed by atoms with Gasteiger partial charge in [-0.2, -0.15) is 0 Å². The molecule has 42 heavy (non-hydrogen) atoms. The molecular formula is C18H54O18P6. The van der Waals surface area contributed by atoms with E-state index in [9.17, 15) is 27.4 Å². The van der Waals surface area contributed by atoms with Gasteiger partial charge in [-0.3, -0.25) is 27.4 Å². The van der Waals surface area contributed by atoms with Crippen LogP contribution < -0.4 is 0 Å². The Morgan fingerprint density at radius 3 is 0.690 bits per heavy atom. The Morgan fingerprint density at radius 2 is 0.619 bits per heavy atom. The molecule has 3 unspecified atom stereocenters. The molecule has 0 bridgehead atoms. The molecule has 0 aromatic rings. The van der Waals surface area contributed by atoms with Crippen molar-refractivity contribution in [3.8, 4) is 0 Å². The van der Waals surface area contributed by atoms with E-state index in [0.29, 0.717) is 26.4 Å². The van der Waals surface area contributed by atoms with Crippen molar-refractivity contribution < 1.29 is 83.2 Å². The molecule has 0 aliphatic heterocycles. The van der Waals surface area contributed by atoms with Crippen LogP contribution in [-0.4, -0.2) is 114 Å². The van der Waals surface area contributed by atoms with E-state index in [4.69, 9.17) is 33.1 Å². The predicted molar refractivity (Wildman–Crippen MR) is 165 cm³/mol. The smallest absolute Gasteiger partial charge is 0.325 e. The molecule has 0 saturated carbocycles. The summed E-state index contributed by atoms with van der Waals surface area (Å²) in [7, 11) is -12.7. The lowest BCUT2D eigenvalue weighted by Gasteiger charge is -2.10. The Bertz CT molecular complexity index is 869. The molecule has 4 N–H and O–H groups in total. The zero-order chi connectivity index (χ0) is 35.5. The highest BCUT2D eigenvalue weighted by molar-refractivity contribution is 7.53. The normalized spacial score (nSPS) is 15.3. The van der Waals surface area contributed by atoms with Crippen LogP contribution in [0.5, 0.6) is 0 Å². The fourth-order valence-corrected chi connectivity index (χ4v) is 3.32. The molecule has 264 valence electrons. The maximum Gasteiger partial charge on any atom is 0.327 e. The monoisotopic (exact) mass is 744 g/mol. The largest absolute Gasteiger partial charge is 0.327 e. The Hall–Kier alpha value is 0.900. The second kappa shape index (κ2) is 29.3. The molecule has 3 atom stereocenters. The molecule has 0 fully saturated rings. The highest BCUT2D eigenvalue weighted by Crippen LogP contribution is 2.43.